The van der Waals surface area contributed by atoms with Gasteiger partial charge in [-0.05, 0) is 56.2 Å². The second-order valence-corrected chi connectivity index (χ2v) is 6.04. The fourth-order valence-corrected chi connectivity index (χ4v) is 2.40. The quantitative estimate of drug-likeness (QED) is 0.758. The molecular formula is C20H23NO5. The normalized spacial score (nSPS) is 10.5. The number of carboxylic acids is 1. The predicted molar refractivity (Wildman–Crippen MR) is 98.2 cm³/mol. The zero-order valence-corrected chi connectivity index (χ0v) is 15.1. The van der Waals surface area contributed by atoms with Crippen molar-refractivity contribution >= 4 is 11.9 Å². The molecule has 2 aromatic carbocycles. The third-order valence-corrected chi connectivity index (χ3v) is 3.69. The van der Waals surface area contributed by atoms with Gasteiger partial charge in [-0.15, -0.1) is 0 Å². The molecular weight excluding hydrogens is 334 g/mol. The molecule has 0 atom stereocenters. The number of methoxy groups -OCH3 is 1. The lowest BCUT2D eigenvalue weighted by atomic mass is 10.1. The number of carbonyl (C=O) groups excluding carboxylic acids is 1. The summed E-state index contributed by atoms with van der Waals surface area (Å²) in [7, 11) is 1.53. The lowest BCUT2D eigenvalue weighted by Crippen LogP contribution is -2.25. The maximum Gasteiger partial charge on any atom is 0.335 e. The van der Waals surface area contributed by atoms with Gasteiger partial charge in [0.1, 0.15) is 0 Å². The van der Waals surface area contributed by atoms with Gasteiger partial charge in [-0.25, -0.2) is 4.79 Å². The van der Waals surface area contributed by atoms with E-state index in [1.165, 1.54) is 7.11 Å². The molecule has 0 spiro atoms. The van der Waals surface area contributed by atoms with Gasteiger partial charge in [-0.1, -0.05) is 12.1 Å². The monoisotopic (exact) mass is 357 g/mol. The molecule has 6 heteroatoms. The van der Waals surface area contributed by atoms with Crippen molar-refractivity contribution in [1.29, 1.82) is 0 Å². The first-order valence-corrected chi connectivity index (χ1v) is 8.36. The third kappa shape index (κ3) is 5.24. The van der Waals surface area contributed by atoms with Crippen LogP contribution in [0.1, 0.15) is 40.1 Å². The van der Waals surface area contributed by atoms with E-state index < -0.39 is 5.97 Å². The van der Waals surface area contributed by atoms with Crippen LogP contribution >= 0.6 is 0 Å². The number of aromatic carboxylic acids is 1. The van der Waals surface area contributed by atoms with Crippen LogP contribution in [0.3, 0.4) is 0 Å². The summed E-state index contributed by atoms with van der Waals surface area (Å²) in [5, 5.41) is 11.7. The summed E-state index contributed by atoms with van der Waals surface area (Å²) in [5.41, 5.74) is 1.68. The van der Waals surface area contributed by atoms with Gasteiger partial charge in [0.25, 0.3) is 5.91 Å². The first kappa shape index (κ1) is 19.3. The number of carboxylic acid groups (broad SMARTS) is 1. The molecule has 0 radical (unpaired) electrons. The van der Waals surface area contributed by atoms with Gasteiger partial charge in [0.2, 0.25) is 0 Å². The number of hydrogen-bond acceptors (Lipinski definition) is 4. The summed E-state index contributed by atoms with van der Waals surface area (Å²) in [6.07, 6.45) is 0.619. The minimum Gasteiger partial charge on any atom is -0.493 e. The van der Waals surface area contributed by atoms with E-state index >= 15 is 0 Å². The molecule has 0 bridgehead atoms. The Hall–Kier alpha value is -3.02. The average Bonchev–Trinajstić information content (AvgIpc) is 2.61. The topological polar surface area (TPSA) is 84.9 Å². The highest BCUT2D eigenvalue weighted by Crippen LogP contribution is 2.28. The van der Waals surface area contributed by atoms with Crippen molar-refractivity contribution in [2.75, 3.05) is 13.7 Å². The molecule has 0 aliphatic heterocycles. The summed E-state index contributed by atoms with van der Waals surface area (Å²) < 4.78 is 10.9. The molecule has 6 nitrogen and oxygen atoms in total. The molecule has 0 saturated carbocycles. The van der Waals surface area contributed by atoms with E-state index in [4.69, 9.17) is 14.6 Å². The number of hydrogen-bond donors (Lipinski definition) is 2. The highest BCUT2D eigenvalue weighted by atomic mass is 16.5. The van der Waals surface area contributed by atoms with E-state index in [0.29, 0.717) is 30.0 Å². The Morgan fingerprint density at radius 2 is 1.69 bits per heavy atom. The summed E-state index contributed by atoms with van der Waals surface area (Å²) in [6.45, 7) is 4.28. The van der Waals surface area contributed by atoms with Gasteiger partial charge in [-0.3, -0.25) is 4.79 Å². The highest BCUT2D eigenvalue weighted by Gasteiger charge is 2.12. The summed E-state index contributed by atoms with van der Waals surface area (Å²) in [4.78, 5) is 23.1. The number of nitrogens with one attached hydrogen (secondary N) is 1. The smallest absolute Gasteiger partial charge is 0.335 e. The highest BCUT2D eigenvalue weighted by molar-refractivity contribution is 5.94. The standard InChI is InChI=1S/C20H23NO5/c1-13(2)26-17-9-8-16(12-18(17)25-3)19(22)21-11-10-14-4-6-15(7-5-14)20(23)24/h4-9,12-13H,10-11H2,1-3H3,(H,21,22)(H,23,24). The summed E-state index contributed by atoms with van der Waals surface area (Å²) >= 11 is 0. The number of benzene rings is 2. The van der Waals surface area contributed by atoms with Crippen molar-refractivity contribution in [3.8, 4) is 11.5 Å². The van der Waals surface area contributed by atoms with Crippen LogP contribution in [0.15, 0.2) is 42.5 Å². The zero-order valence-electron chi connectivity index (χ0n) is 15.1. The molecule has 0 heterocycles. The molecule has 26 heavy (non-hydrogen) atoms. The number of amides is 1. The van der Waals surface area contributed by atoms with E-state index in [-0.39, 0.29) is 17.6 Å². The molecule has 2 N–H and O–H groups in total. The summed E-state index contributed by atoms with van der Waals surface area (Å²) in [6, 6.07) is 11.7. The van der Waals surface area contributed by atoms with Crippen LogP contribution in [-0.2, 0) is 6.42 Å². The van der Waals surface area contributed by atoms with Gasteiger partial charge >= 0.3 is 5.97 Å². The molecule has 0 aliphatic carbocycles. The van der Waals surface area contributed by atoms with Gasteiger partial charge in [0.15, 0.2) is 11.5 Å². The zero-order chi connectivity index (χ0) is 19.1. The third-order valence-electron chi connectivity index (χ3n) is 3.69. The Bertz CT molecular complexity index is 768. The number of rotatable bonds is 8. The molecule has 0 aromatic heterocycles. The Kier molecular flexibility index (Phi) is 6.60. The molecule has 0 aliphatic rings. The van der Waals surface area contributed by atoms with Crippen molar-refractivity contribution in [3.63, 3.8) is 0 Å². The van der Waals surface area contributed by atoms with Crippen molar-refractivity contribution in [3.05, 3.63) is 59.2 Å². The largest absolute Gasteiger partial charge is 0.493 e. The second-order valence-electron chi connectivity index (χ2n) is 6.04. The lowest BCUT2D eigenvalue weighted by Gasteiger charge is -2.14. The van der Waals surface area contributed by atoms with Crippen molar-refractivity contribution in [2.24, 2.45) is 0 Å². The SMILES string of the molecule is COc1cc(C(=O)NCCc2ccc(C(=O)O)cc2)ccc1OC(C)C. The summed E-state index contributed by atoms with van der Waals surface area (Å²) in [5.74, 6) is -0.0570. The van der Waals surface area contributed by atoms with Crippen LogP contribution in [0, 0.1) is 0 Å². The van der Waals surface area contributed by atoms with E-state index in [9.17, 15) is 9.59 Å². The van der Waals surface area contributed by atoms with Crippen LogP contribution in [-0.4, -0.2) is 36.7 Å². The van der Waals surface area contributed by atoms with Crippen molar-refractivity contribution in [1.82, 2.24) is 5.32 Å². The maximum absolute atomic E-state index is 12.3. The maximum atomic E-state index is 12.3. The van der Waals surface area contributed by atoms with Crippen LogP contribution < -0.4 is 14.8 Å². The molecule has 138 valence electrons. The van der Waals surface area contributed by atoms with E-state index in [0.717, 1.165) is 5.56 Å². The Balaban J connectivity index is 1.94. The van der Waals surface area contributed by atoms with Gasteiger partial charge in [0.05, 0.1) is 18.8 Å². The van der Waals surface area contributed by atoms with Gasteiger partial charge < -0.3 is 19.9 Å². The first-order valence-electron chi connectivity index (χ1n) is 8.36. The first-order chi connectivity index (χ1) is 12.4. The second kappa shape index (κ2) is 8.89. The minimum absolute atomic E-state index is 0.0103. The van der Waals surface area contributed by atoms with Gasteiger partial charge in [-0.2, -0.15) is 0 Å². The minimum atomic E-state index is -0.955. The van der Waals surface area contributed by atoms with Crippen LogP contribution in [0.5, 0.6) is 11.5 Å². The fourth-order valence-electron chi connectivity index (χ4n) is 2.40. The van der Waals surface area contributed by atoms with E-state index in [2.05, 4.69) is 5.32 Å². The Labute approximate surface area is 152 Å². The van der Waals surface area contributed by atoms with Crippen LogP contribution in [0.4, 0.5) is 0 Å². The Morgan fingerprint density at radius 3 is 2.27 bits per heavy atom. The molecule has 0 saturated heterocycles. The predicted octanol–water partition coefficient (Wildman–Crippen LogP) is 3.15. The van der Waals surface area contributed by atoms with Gasteiger partial charge in [0, 0.05) is 12.1 Å². The van der Waals surface area contributed by atoms with Crippen LogP contribution in [0.25, 0.3) is 0 Å². The molecule has 2 rings (SSSR count). The average molecular weight is 357 g/mol. The number of ether oxygens (including phenoxy) is 2. The molecule has 1 amide bonds. The molecule has 0 unspecified atom stereocenters. The fraction of sp³-hybridized carbons (Fsp3) is 0.300. The Morgan fingerprint density at radius 1 is 1.04 bits per heavy atom. The van der Waals surface area contributed by atoms with E-state index in [1.807, 2.05) is 13.8 Å². The van der Waals surface area contributed by atoms with E-state index in [1.54, 1.807) is 42.5 Å². The van der Waals surface area contributed by atoms with Crippen molar-refractivity contribution < 1.29 is 24.2 Å². The van der Waals surface area contributed by atoms with Crippen molar-refractivity contribution in [2.45, 2.75) is 26.4 Å². The van der Waals surface area contributed by atoms with Crippen LogP contribution in [0.2, 0.25) is 0 Å². The number of carbonyl (C=O) groups is 2. The molecule has 2 aromatic rings. The molecule has 0 fully saturated rings. The lowest BCUT2D eigenvalue weighted by molar-refractivity contribution is 0.0696.